The number of hydrogen-bond acceptors (Lipinski definition) is 6. The third-order valence-corrected chi connectivity index (χ3v) is 5.14. The lowest BCUT2D eigenvalue weighted by Gasteiger charge is -2.15. The van der Waals surface area contributed by atoms with Crippen molar-refractivity contribution in [2.45, 2.75) is 25.8 Å². The van der Waals surface area contributed by atoms with Crippen LogP contribution in [0.25, 0.3) is 0 Å². The molecule has 0 aliphatic rings. The molecule has 28 heavy (non-hydrogen) atoms. The van der Waals surface area contributed by atoms with E-state index in [1.807, 2.05) is 49.4 Å². The molecule has 2 aromatic carbocycles. The van der Waals surface area contributed by atoms with Gasteiger partial charge in [0.05, 0.1) is 12.1 Å². The highest BCUT2D eigenvalue weighted by molar-refractivity contribution is 7.13. The predicted molar refractivity (Wildman–Crippen MR) is 114 cm³/mol. The van der Waals surface area contributed by atoms with Crippen LogP contribution in [0.15, 0.2) is 53.9 Å². The van der Waals surface area contributed by atoms with Crippen molar-refractivity contribution in [3.8, 4) is 5.75 Å². The van der Waals surface area contributed by atoms with Gasteiger partial charge in [-0.3, -0.25) is 4.79 Å². The minimum Gasteiger partial charge on any atom is -0.508 e. The van der Waals surface area contributed by atoms with Crippen molar-refractivity contribution in [2.75, 3.05) is 17.6 Å². The number of para-hydroxylation sites is 1. The van der Waals surface area contributed by atoms with Crippen LogP contribution in [0.5, 0.6) is 5.75 Å². The van der Waals surface area contributed by atoms with Crippen LogP contribution in [0.1, 0.15) is 29.8 Å². The molecule has 0 saturated heterocycles. The number of nitrogens with two attached hydrogens (primary N) is 1. The molecule has 5 N–H and O–H groups in total. The van der Waals surface area contributed by atoms with Crippen LogP contribution in [0.4, 0.5) is 10.8 Å². The normalized spacial score (nSPS) is 11.9. The fourth-order valence-corrected chi connectivity index (χ4v) is 3.49. The molecule has 146 valence electrons. The van der Waals surface area contributed by atoms with E-state index < -0.39 is 0 Å². The molecule has 1 aromatic heterocycles. The number of aromatic hydroxyl groups is 1. The maximum atomic E-state index is 12.1. The lowest BCUT2D eigenvalue weighted by atomic mass is 10.1. The van der Waals surface area contributed by atoms with Crippen LogP contribution in [0.3, 0.4) is 0 Å². The van der Waals surface area contributed by atoms with Gasteiger partial charge in [-0.05, 0) is 43.7 Å². The summed E-state index contributed by atoms with van der Waals surface area (Å²) in [5.41, 5.74) is 9.08. The Labute approximate surface area is 168 Å². The summed E-state index contributed by atoms with van der Waals surface area (Å²) in [6, 6.07) is 15.2. The van der Waals surface area contributed by atoms with E-state index >= 15 is 0 Å². The second-order valence-corrected chi connectivity index (χ2v) is 7.47. The molecule has 1 amide bonds. The van der Waals surface area contributed by atoms with E-state index in [1.54, 1.807) is 11.4 Å². The number of aromatic nitrogens is 1. The third kappa shape index (κ3) is 5.55. The predicted octanol–water partition coefficient (Wildman–Crippen LogP) is 3.51. The van der Waals surface area contributed by atoms with E-state index in [9.17, 15) is 9.90 Å². The van der Waals surface area contributed by atoms with Gasteiger partial charge in [-0.1, -0.05) is 30.3 Å². The minimum absolute atomic E-state index is 0.0690. The summed E-state index contributed by atoms with van der Waals surface area (Å²) in [7, 11) is 0. The van der Waals surface area contributed by atoms with Crippen LogP contribution < -0.4 is 16.4 Å². The Morgan fingerprint density at radius 3 is 2.64 bits per heavy atom. The van der Waals surface area contributed by atoms with Gasteiger partial charge < -0.3 is 21.5 Å². The van der Waals surface area contributed by atoms with Gasteiger partial charge in [0.1, 0.15) is 5.75 Å². The fraction of sp³-hybridized carbons (Fsp3) is 0.238. The van der Waals surface area contributed by atoms with Crippen molar-refractivity contribution in [1.82, 2.24) is 10.3 Å². The van der Waals surface area contributed by atoms with Crippen molar-refractivity contribution in [3.63, 3.8) is 0 Å². The molecule has 1 atom stereocenters. The molecule has 7 heteroatoms. The number of carbonyl (C=O) groups is 1. The minimum atomic E-state index is -0.115. The maximum Gasteiger partial charge on any atom is 0.230 e. The molecule has 0 aliphatic heterocycles. The molecule has 3 rings (SSSR count). The van der Waals surface area contributed by atoms with Crippen LogP contribution in [0.2, 0.25) is 0 Å². The van der Waals surface area contributed by atoms with Gasteiger partial charge >= 0.3 is 0 Å². The van der Waals surface area contributed by atoms with Crippen molar-refractivity contribution >= 4 is 28.1 Å². The van der Waals surface area contributed by atoms with Crippen molar-refractivity contribution < 1.29 is 9.90 Å². The zero-order valence-electron chi connectivity index (χ0n) is 15.7. The number of nitrogens with zero attached hydrogens (tertiary/aromatic N) is 1. The number of carbonyl (C=O) groups excluding carboxylic acids is 1. The molecule has 6 nitrogen and oxygen atoms in total. The molecule has 0 saturated carbocycles. The first-order valence-electron chi connectivity index (χ1n) is 9.11. The van der Waals surface area contributed by atoms with Crippen LogP contribution >= 0.6 is 11.3 Å². The van der Waals surface area contributed by atoms with Gasteiger partial charge in [-0.25, -0.2) is 4.98 Å². The van der Waals surface area contributed by atoms with E-state index in [-0.39, 0.29) is 18.4 Å². The number of anilines is 2. The quantitative estimate of drug-likeness (QED) is 0.467. The van der Waals surface area contributed by atoms with Crippen LogP contribution in [-0.4, -0.2) is 22.5 Å². The van der Waals surface area contributed by atoms with Gasteiger partial charge in [0.15, 0.2) is 5.13 Å². The highest BCUT2D eigenvalue weighted by atomic mass is 32.1. The number of nitrogen functional groups attached to an aromatic ring is 1. The number of phenolic OH excluding ortho intramolecular Hbond substituents is 1. The lowest BCUT2D eigenvalue weighted by Crippen LogP contribution is -2.21. The standard InChI is InChI=1S/C21H24N4O2S/c1-14(18-4-2-3-5-19(18)26)23-11-10-15-6-8-16(9-7-15)24-20(27)12-17-13-28-21(22)25-17/h2-9,13-14,23,26H,10-12H2,1H3,(H2,22,25)(H,24,27). The van der Waals surface area contributed by atoms with Crippen molar-refractivity contribution in [2.24, 2.45) is 0 Å². The Hall–Kier alpha value is -2.90. The first kappa shape index (κ1) is 19.9. The number of amides is 1. The number of benzene rings is 2. The van der Waals surface area contributed by atoms with Crippen molar-refractivity contribution in [1.29, 1.82) is 0 Å². The summed E-state index contributed by atoms with van der Waals surface area (Å²) < 4.78 is 0. The van der Waals surface area contributed by atoms with E-state index in [0.717, 1.165) is 24.2 Å². The summed E-state index contributed by atoms with van der Waals surface area (Å²) in [6.45, 7) is 2.82. The molecule has 0 spiro atoms. The third-order valence-electron chi connectivity index (χ3n) is 4.42. The Morgan fingerprint density at radius 2 is 1.96 bits per heavy atom. The zero-order valence-corrected chi connectivity index (χ0v) is 16.5. The summed E-state index contributed by atoms with van der Waals surface area (Å²) in [6.07, 6.45) is 1.06. The highest BCUT2D eigenvalue weighted by Gasteiger charge is 2.09. The first-order valence-corrected chi connectivity index (χ1v) is 9.99. The van der Waals surface area contributed by atoms with Gasteiger partial charge in [-0.2, -0.15) is 0 Å². The number of thiazole rings is 1. The monoisotopic (exact) mass is 396 g/mol. The van der Waals surface area contributed by atoms with E-state index in [0.29, 0.717) is 16.6 Å². The zero-order chi connectivity index (χ0) is 19.9. The molecule has 0 radical (unpaired) electrons. The highest BCUT2D eigenvalue weighted by Crippen LogP contribution is 2.23. The van der Waals surface area contributed by atoms with Crippen molar-refractivity contribution in [3.05, 3.63) is 70.7 Å². The molecule has 1 unspecified atom stereocenters. The molecule has 0 bridgehead atoms. The SMILES string of the molecule is CC(NCCc1ccc(NC(=O)Cc2csc(N)n2)cc1)c1ccccc1O. The second kappa shape index (κ2) is 9.34. The average Bonchev–Trinajstić information content (AvgIpc) is 3.08. The molecule has 0 fully saturated rings. The topological polar surface area (TPSA) is 100 Å². The number of hydrogen-bond donors (Lipinski definition) is 4. The van der Waals surface area contributed by atoms with Gasteiger partial charge in [0.2, 0.25) is 5.91 Å². The first-order chi connectivity index (χ1) is 13.5. The molecule has 1 heterocycles. The second-order valence-electron chi connectivity index (χ2n) is 6.58. The fourth-order valence-electron chi connectivity index (χ4n) is 2.92. The summed E-state index contributed by atoms with van der Waals surface area (Å²) >= 11 is 1.33. The lowest BCUT2D eigenvalue weighted by molar-refractivity contribution is -0.115. The summed E-state index contributed by atoms with van der Waals surface area (Å²) in [5, 5.41) is 18.5. The Morgan fingerprint density at radius 1 is 1.21 bits per heavy atom. The van der Waals surface area contributed by atoms with E-state index in [4.69, 9.17) is 5.73 Å². The molecule has 3 aromatic rings. The van der Waals surface area contributed by atoms with Gasteiger partial charge in [0.25, 0.3) is 0 Å². The average molecular weight is 397 g/mol. The molecule has 0 aliphatic carbocycles. The largest absolute Gasteiger partial charge is 0.508 e. The van der Waals surface area contributed by atoms with E-state index in [2.05, 4.69) is 15.6 Å². The van der Waals surface area contributed by atoms with Crippen LogP contribution in [0, 0.1) is 0 Å². The Bertz CT molecular complexity index is 924. The molecular formula is C21H24N4O2S. The smallest absolute Gasteiger partial charge is 0.230 e. The number of nitrogens with one attached hydrogen (secondary N) is 2. The summed E-state index contributed by atoms with van der Waals surface area (Å²) in [5.74, 6) is 0.194. The Balaban J connectivity index is 1.45. The van der Waals surface area contributed by atoms with Gasteiger partial charge in [-0.15, -0.1) is 11.3 Å². The number of phenols is 1. The maximum absolute atomic E-state index is 12.1. The molecular weight excluding hydrogens is 372 g/mol. The van der Waals surface area contributed by atoms with Crippen LogP contribution in [-0.2, 0) is 17.6 Å². The van der Waals surface area contributed by atoms with E-state index in [1.165, 1.54) is 16.9 Å². The van der Waals surface area contributed by atoms with Gasteiger partial charge in [0, 0.05) is 22.7 Å². The number of rotatable bonds is 8. The Kier molecular flexibility index (Phi) is 6.62. The summed E-state index contributed by atoms with van der Waals surface area (Å²) in [4.78, 5) is 16.2.